The summed E-state index contributed by atoms with van der Waals surface area (Å²) in [5.41, 5.74) is 0.521. The Morgan fingerprint density at radius 2 is 1.95 bits per heavy atom. The van der Waals surface area contributed by atoms with Crippen LogP contribution in [-0.4, -0.2) is 53.9 Å². The fourth-order valence-electron chi connectivity index (χ4n) is 1.97. The van der Waals surface area contributed by atoms with E-state index in [0.29, 0.717) is 33.0 Å². The lowest BCUT2D eigenvalue weighted by Crippen LogP contribution is -2.21. The van der Waals surface area contributed by atoms with Gasteiger partial charge >= 0.3 is 0 Å². The maximum atomic E-state index is 12.2. The van der Waals surface area contributed by atoms with Gasteiger partial charge in [0.1, 0.15) is 10.7 Å². The smallest absolute Gasteiger partial charge is 0.263 e. The van der Waals surface area contributed by atoms with E-state index in [0.717, 1.165) is 0 Å². The van der Waals surface area contributed by atoms with E-state index in [1.165, 1.54) is 16.2 Å². The van der Waals surface area contributed by atoms with Crippen LogP contribution in [0.5, 0.6) is 0 Å². The topological polar surface area (TPSA) is 69.3 Å². The number of thiophene rings is 1. The van der Waals surface area contributed by atoms with E-state index in [2.05, 4.69) is 9.97 Å². The van der Waals surface area contributed by atoms with Crippen LogP contribution in [0.25, 0.3) is 10.2 Å². The van der Waals surface area contributed by atoms with Crippen LogP contribution in [0.2, 0.25) is 0 Å². The number of carbonyl (C=O) groups excluding carboxylic acids is 1. The van der Waals surface area contributed by atoms with Crippen LogP contribution in [0, 0.1) is 6.92 Å². The number of fused-ring (bicyclic) bond motifs is 1. The molecule has 2 heterocycles. The molecule has 0 spiro atoms. The molecule has 0 fully saturated rings. The molecular formula is C13H18N4O2S. The zero-order valence-corrected chi connectivity index (χ0v) is 13.1. The lowest BCUT2D eigenvalue weighted by atomic mass is 10.2. The van der Waals surface area contributed by atoms with Crippen molar-refractivity contribution < 1.29 is 4.79 Å². The van der Waals surface area contributed by atoms with Crippen molar-refractivity contribution in [1.29, 1.82) is 0 Å². The van der Waals surface area contributed by atoms with Gasteiger partial charge in [-0.05, 0) is 26.6 Å². The summed E-state index contributed by atoms with van der Waals surface area (Å²) in [6.45, 7) is 2.34. The summed E-state index contributed by atoms with van der Waals surface area (Å²) < 4.78 is 0. The Bertz CT molecular complexity index is 715. The number of nitrogens with one attached hydrogen (secondary N) is 1. The maximum Gasteiger partial charge on any atom is 0.263 e. The number of carbonyl (C=O) groups is 1. The Balaban J connectivity index is 2.62. The predicted molar refractivity (Wildman–Crippen MR) is 80.4 cm³/mol. The zero-order valence-electron chi connectivity index (χ0n) is 12.3. The molecule has 0 saturated carbocycles. The molecule has 0 aromatic carbocycles. The highest BCUT2D eigenvalue weighted by molar-refractivity contribution is 7.20. The summed E-state index contributed by atoms with van der Waals surface area (Å²) in [7, 11) is 7.21. The summed E-state index contributed by atoms with van der Waals surface area (Å²) in [5, 5.41) is 0.516. The first-order valence-corrected chi connectivity index (χ1v) is 7.01. The van der Waals surface area contributed by atoms with Crippen LogP contribution in [0.15, 0.2) is 4.79 Å². The number of aromatic amines is 1. The highest BCUT2D eigenvalue weighted by Gasteiger charge is 2.20. The molecule has 2 aromatic rings. The zero-order chi connectivity index (χ0) is 15.0. The molecule has 2 rings (SSSR count). The van der Waals surface area contributed by atoms with Crippen LogP contribution < -0.4 is 5.56 Å². The highest BCUT2D eigenvalue weighted by Crippen LogP contribution is 2.27. The first-order valence-electron chi connectivity index (χ1n) is 6.20. The largest absolute Gasteiger partial charge is 0.344 e. The average Bonchev–Trinajstić information content (AvgIpc) is 2.64. The van der Waals surface area contributed by atoms with Crippen molar-refractivity contribution in [2.45, 2.75) is 13.5 Å². The van der Waals surface area contributed by atoms with Gasteiger partial charge in [0, 0.05) is 14.1 Å². The fourth-order valence-corrected chi connectivity index (χ4v) is 3.19. The second kappa shape index (κ2) is 5.34. The molecule has 2 aromatic heterocycles. The van der Waals surface area contributed by atoms with E-state index in [9.17, 15) is 9.59 Å². The molecule has 0 radical (unpaired) electrons. The third-order valence-electron chi connectivity index (χ3n) is 2.92. The number of H-pyrrole nitrogens is 1. The molecule has 0 aliphatic carbocycles. The lowest BCUT2D eigenvalue weighted by Gasteiger charge is -2.08. The third-order valence-corrected chi connectivity index (χ3v) is 4.09. The van der Waals surface area contributed by atoms with Gasteiger partial charge in [0.25, 0.3) is 11.5 Å². The molecular weight excluding hydrogens is 276 g/mol. The van der Waals surface area contributed by atoms with E-state index in [1.54, 1.807) is 21.0 Å². The van der Waals surface area contributed by atoms with Gasteiger partial charge in [0.15, 0.2) is 0 Å². The Morgan fingerprint density at radius 1 is 1.30 bits per heavy atom. The van der Waals surface area contributed by atoms with Gasteiger partial charge < -0.3 is 14.8 Å². The summed E-state index contributed by atoms with van der Waals surface area (Å²) in [6, 6.07) is 0. The quantitative estimate of drug-likeness (QED) is 0.919. The summed E-state index contributed by atoms with van der Waals surface area (Å²) in [6.07, 6.45) is 0. The normalized spacial score (nSPS) is 11.3. The monoisotopic (exact) mass is 294 g/mol. The van der Waals surface area contributed by atoms with Crippen molar-refractivity contribution in [2.24, 2.45) is 0 Å². The van der Waals surface area contributed by atoms with Crippen LogP contribution in [0.3, 0.4) is 0 Å². The van der Waals surface area contributed by atoms with Crippen molar-refractivity contribution in [2.75, 3.05) is 28.2 Å². The van der Waals surface area contributed by atoms with Crippen molar-refractivity contribution in [3.63, 3.8) is 0 Å². The van der Waals surface area contributed by atoms with E-state index in [4.69, 9.17) is 0 Å². The molecule has 1 amide bonds. The molecule has 0 atom stereocenters. The number of aryl methyl sites for hydroxylation is 1. The summed E-state index contributed by atoms with van der Waals surface area (Å²) in [4.78, 5) is 36.1. The van der Waals surface area contributed by atoms with E-state index in [-0.39, 0.29) is 11.5 Å². The van der Waals surface area contributed by atoms with Crippen LogP contribution in [0.1, 0.15) is 21.1 Å². The molecule has 108 valence electrons. The van der Waals surface area contributed by atoms with Gasteiger partial charge in [0.05, 0.1) is 16.8 Å². The van der Waals surface area contributed by atoms with Crippen molar-refractivity contribution in [3.05, 3.63) is 26.6 Å². The second-order valence-corrected chi connectivity index (χ2v) is 6.19. The average molecular weight is 294 g/mol. The van der Waals surface area contributed by atoms with E-state index in [1.807, 2.05) is 19.0 Å². The molecule has 1 N–H and O–H groups in total. The van der Waals surface area contributed by atoms with Crippen LogP contribution in [-0.2, 0) is 6.54 Å². The number of nitrogens with zero attached hydrogens (tertiary/aromatic N) is 3. The Morgan fingerprint density at radius 3 is 2.50 bits per heavy atom. The molecule has 7 heteroatoms. The number of aromatic nitrogens is 2. The number of rotatable bonds is 3. The first-order chi connectivity index (χ1) is 9.31. The minimum Gasteiger partial charge on any atom is -0.344 e. The molecule has 0 aliphatic heterocycles. The lowest BCUT2D eigenvalue weighted by molar-refractivity contribution is 0.0831. The van der Waals surface area contributed by atoms with Gasteiger partial charge in [-0.2, -0.15) is 0 Å². The highest BCUT2D eigenvalue weighted by atomic mass is 32.1. The molecule has 0 aliphatic rings. The van der Waals surface area contributed by atoms with Gasteiger partial charge in [-0.3, -0.25) is 9.59 Å². The standard InChI is InChI=1S/C13H18N4O2S/c1-7-9-11(18)14-8(6-16(2)3)15-12(9)20-10(7)13(19)17(4)5/h6H2,1-5H3,(H,14,15,18). The predicted octanol–water partition coefficient (Wildman–Crippen LogP) is 1.06. The number of amides is 1. The summed E-state index contributed by atoms with van der Waals surface area (Å²) in [5.74, 6) is 0.511. The molecule has 20 heavy (non-hydrogen) atoms. The van der Waals surface area contributed by atoms with Crippen LogP contribution >= 0.6 is 11.3 Å². The van der Waals surface area contributed by atoms with Crippen LogP contribution in [0.4, 0.5) is 0 Å². The van der Waals surface area contributed by atoms with Gasteiger partial charge in [0.2, 0.25) is 0 Å². The fraction of sp³-hybridized carbons (Fsp3) is 0.462. The molecule has 0 saturated heterocycles. The van der Waals surface area contributed by atoms with E-state index >= 15 is 0 Å². The van der Waals surface area contributed by atoms with E-state index < -0.39 is 0 Å². The number of hydrogen-bond acceptors (Lipinski definition) is 5. The Kier molecular flexibility index (Phi) is 3.92. The molecule has 6 nitrogen and oxygen atoms in total. The minimum absolute atomic E-state index is 0.0981. The van der Waals surface area contributed by atoms with Crippen molar-refractivity contribution in [1.82, 2.24) is 19.8 Å². The van der Waals surface area contributed by atoms with Crippen molar-refractivity contribution >= 4 is 27.5 Å². The minimum atomic E-state index is -0.182. The Labute approximate surface area is 121 Å². The third kappa shape index (κ3) is 2.59. The maximum absolute atomic E-state index is 12.2. The first kappa shape index (κ1) is 14.7. The summed E-state index contributed by atoms with van der Waals surface area (Å²) >= 11 is 1.27. The Hall–Kier alpha value is -1.73. The number of hydrogen-bond donors (Lipinski definition) is 1. The molecule has 0 unspecified atom stereocenters. The van der Waals surface area contributed by atoms with Crippen molar-refractivity contribution in [3.8, 4) is 0 Å². The van der Waals surface area contributed by atoms with Gasteiger partial charge in [-0.15, -0.1) is 11.3 Å². The molecule has 0 bridgehead atoms. The second-order valence-electron chi connectivity index (χ2n) is 5.19. The van der Waals surface area contributed by atoms with Gasteiger partial charge in [-0.1, -0.05) is 0 Å². The SMILES string of the molecule is Cc1c(C(=O)N(C)C)sc2nc(CN(C)C)[nH]c(=O)c12. The van der Waals surface area contributed by atoms with Gasteiger partial charge in [-0.25, -0.2) is 4.98 Å².